The minimum atomic E-state index is -1.56. The van der Waals surface area contributed by atoms with Crippen molar-refractivity contribution in [3.8, 4) is 5.75 Å². The third kappa shape index (κ3) is 7.01. The van der Waals surface area contributed by atoms with Crippen molar-refractivity contribution >= 4 is 17.9 Å². The van der Waals surface area contributed by atoms with Crippen molar-refractivity contribution in [3.05, 3.63) is 138 Å². The molecule has 214 valence electrons. The second kappa shape index (κ2) is 13.6. The Morgan fingerprint density at radius 3 is 1.52 bits per heavy atom. The maximum Gasteiger partial charge on any atom is 0.338 e. The first-order valence-corrected chi connectivity index (χ1v) is 13.3. The molecule has 0 saturated carbocycles. The number of ether oxygens (including phenoxy) is 5. The summed E-state index contributed by atoms with van der Waals surface area (Å²) in [4.78, 5) is 38.9. The van der Waals surface area contributed by atoms with Gasteiger partial charge in [0, 0.05) is 0 Å². The van der Waals surface area contributed by atoms with Crippen LogP contribution < -0.4 is 4.74 Å². The molecule has 1 heterocycles. The topological polar surface area (TPSA) is 118 Å². The zero-order valence-corrected chi connectivity index (χ0v) is 22.4. The molecule has 5 rings (SSSR count). The van der Waals surface area contributed by atoms with Crippen LogP contribution in [0, 0.1) is 0 Å². The fourth-order valence-corrected chi connectivity index (χ4v) is 4.36. The predicted molar refractivity (Wildman–Crippen MR) is 150 cm³/mol. The van der Waals surface area contributed by atoms with Crippen LogP contribution in [0.3, 0.4) is 0 Å². The van der Waals surface area contributed by atoms with E-state index >= 15 is 0 Å². The molecule has 4 aromatic rings. The van der Waals surface area contributed by atoms with Gasteiger partial charge in [0.1, 0.15) is 24.6 Å². The van der Waals surface area contributed by atoms with Crippen LogP contribution in [0.2, 0.25) is 0 Å². The first-order chi connectivity index (χ1) is 20.5. The van der Waals surface area contributed by atoms with Crippen LogP contribution >= 0.6 is 0 Å². The minimum absolute atomic E-state index is 0.219. The number of aliphatic hydroxyl groups is 1. The highest BCUT2D eigenvalue weighted by atomic mass is 16.7. The molecule has 1 aliphatic heterocycles. The zero-order valence-electron chi connectivity index (χ0n) is 22.4. The monoisotopic (exact) mass is 568 g/mol. The highest BCUT2D eigenvalue weighted by molar-refractivity contribution is 5.90. The van der Waals surface area contributed by atoms with E-state index < -0.39 is 55.2 Å². The van der Waals surface area contributed by atoms with Crippen LogP contribution in [-0.2, 0) is 18.9 Å². The Morgan fingerprint density at radius 2 is 1.02 bits per heavy atom. The van der Waals surface area contributed by atoms with E-state index in [2.05, 4.69) is 0 Å². The van der Waals surface area contributed by atoms with Gasteiger partial charge in [0.2, 0.25) is 12.4 Å². The fourth-order valence-electron chi connectivity index (χ4n) is 4.36. The molecule has 0 unspecified atom stereocenters. The molecule has 0 aliphatic carbocycles. The number of esters is 3. The Morgan fingerprint density at radius 1 is 0.595 bits per heavy atom. The summed E-state index contributed by atoms with van der Waals surface area (Å²) in [6, 6.07) is 33.3. The fraction of sp³-hybridized carbons (Fsp3) is 0.182. The molecule has 5 atom stereocenters. The van der Waals surface area contributed by atoms with Gasteiger partial charge >= 0.3 is 17.9 Å². The maximum absolute atomic E-state index is 13.1. The molecule has 1 saturated heterocycles. The number of carbonyl (C=O) groups is 3. The molecule has 0 spiro atoms. The van der Waals surface area contributed by atoms with E-state index in [9.17, 15) is 19.5 Å². The van der Waals surface area contributed by atoms with Gasteiger partial charge in [-0.3, -0.25) is 0 Å². The van der Waals surface area contributed by atoms with Crippen LogP contribution in [0.5, 0.6) is 5.75 Å². The Labute approximate surface area is 242 Å². The summed E-state index contributed by atoms with van der Waals surface area (Å²) in [6.45, 7) is -0.401. The van der Waals surface area contributed by atoms with E-state index in [4.69, 9.17) is 23.7 Å². The molecule has 0 bridgehead atoms. The van der Waals surface area contributed by atoms with Gasteiger partial charge in [0.05, 0.1) is 16.7 Å². The van der Waals surface area contributed by atoms with E-state index in [1.54, 1.807) is 121 Å². The van der Waals surface area contributed by atoms with Gasteiger partial charge in [-0.1, -0.05) is 72.8 Å². The van der Waals surface area contributed by atoms with Gasteiger partial charge in [-0.2, -0.15) is 0 Å². The van der Waals surface area contributed by atoms with Crippen LogP contribution in [0.4, 0.5) is 0 Å². The number of hydrogen-bond donors (Lipinski definition) is 1. The maximum atomic E-state index is 13.1. The van der Waals surface area contributed by atoms with Gasteiger partial charge in [-0.25, -0.2) is 14.4 Å². The van der Waals surface area contributed by atoms with Gasteiger partial charge in [-0.15, -0.1) is 0 Å². The summed E-state index contributed by atoms with van der Waals surface area (Å²) in [5.41, 5.74) is 0.760. The number of carbonyl (C=O) groups excluding carboxylic acids is 3. The molecule has 1 aliphatic rings. The molecule has 4 aromatic carbocycles. The molecule has 1 fully saturated rings. The number of rotatable bonds is 9. The summed E-state index contributed by atoms with van der Waals surface area (Å²) < 4.78 is 29.1. The van der Waals surface area contributed by atoms with Gasteiger partial charge in [-0.05, 0) is 48.5 Å². The molecule has 0 amide bonds. The van der Waals surface area contributed by atoms with Crippen LogP contribution in [0.1, 0.15) is 31.1 Å². The smallest absolute Gasteiger partial charge is 0.338 e. The largest absolute Gasteiger partial charge is 0.461 e. The lowest BCUT2D eigenvalue weighted by Gasteiger charge is -2.42. The number of benzene rings is 4. The summed E-state index contributed by atoms with van der Waals surface area (Å²) in [5, 5.41) is 11.4. The van der Waals surface area contributed by atoms with Crippen molar-refractivity contribution in [1.82, 2.24) is 0 Å². The van der Waals surface area contributed by atoms with Crippen molar-refractivity contribution in [3.63, 3.8) is 0 Å². The van der Waals surface area contributed by atoms with Gasteiger partial charge < -0.3 is 28.8 Å². The van der Waals surface area contributed by atoms with E-state index in [-0.39, 0.29) is 11.1 Å². The average Bonchev–Trinajstić information content (AvgIpc) is 3.04. The lowest BCUT2D eigenvalue weighted by atomic mass is 9.98. The van der Waals surface area contributed by atoms with Crippen LogP contribution in [0.15, 0.2) is 121 Å². The Kier molecular flexibility index (Phi) is 9.23. The predicted octanol–water partition coefficient (Wildman–Crippen LogP) is 4.46. The van der Waals surface area contributed by atoms with Gasteiger partial charge in [0.25, 0.3) is 0 Å². The minimum Gasteiger partial charge on any atom is -0.461 e. The van der Waals surface area contributed by atoms with E-state index in [1.807, 2.05) is 0 Å². The molecule has 9 nitrogen and oxygen atoms in total. The Hall–Kier alpha value is -4.99. The lowest BCUT2D eigenvalue weighted by Crippen LogP contribution is -2.62. The highest BCUT2D eigenvalue weighted by Crippen LogP contribution is 2.30. The van der Waals surface area contributed by atoms with E-state index in [1.165, 1.54) is 0 Å². The van der Waals surface area contributed by atoms with E-state index in [0.29, 0.717) is 11.3 Å². The average molecular weight is 569 g/mol. The zero-order chi connectivity index (χ0) is 29.3. The summed E-state index contributed by atoms with van der Waals surface area (Å²) in [6.07, 6.45) is -6.97. The van der Waals surface area contributed by atoms with Crippen LogP contribution in [0.25, 0.3) is 0 Å². The normalized spacial score (nSPS) is 21.5. The number of aliphatic hydroxyl groups excluding tert-OH is 1. The summed E-state index contributed by atoms with van der Waals surface area (Å²) >= 11 is 0. The Bertz CT molecular complexity index is 1460. The second-order valence-electron chi connectivity index (χ2n) is 9.40. The number of para-hydroxylation sites is 1. The first kappa shape index (κ1) is 28.5. The molecular weight excluding hydrogens is 540 g/mol. The van der Waals surface area contributed by atoms with Gasteiger partial charge in [0.15, 0.2) is 6.10 Å². The molecule has 0 aromatic heterocycles. The lowest BCUT2D eigenvalue weighted by molar-refractivity contribution is -0.276. The van der Waals surface area contributed by atoms with Crippen molar-refractivity contribution in [2.24, 2.45) is 0 Å². The molecular formula is C33H28O9. The molecule has 0 radical (unpaired) electrons. The standard InChI is InChI=1S/C33H28O9/c34-27-26(21-38-30(35)22-13-5-1-6-14-22)40-33(39-25-19-11-4-12-20-25)29(42-32(37)24-17-9-3-10-18-24)28(27)41-31(36)23-15-7-2-8-16-23/h1-20,26-29,33-34H,21H2/t26-,27+,28+,29-,33-/m1/s1. The van der Waals surface area contributed by atoms with Crippen molar-refractivity contribution in [1.29, 1.82) is 0 Å². The van der Waals surface area contributed by atoms with E-state index in [0.717, 1.165) is 0 Å². The SMILES string of the molecule is O=C(OC[C@H]1O[C@@H](Oc2ccccc2)[C@H](OC(=O)c2ccccc2)[C@@H](OC(=O)c2ccccc2)[C@H]1O)c1ccccc1. The Balaban J connectivity index is 1.45. The molecule has 42 heavy (non-hydrogen) atoms. The third-order valence-electron chi connectivity index (χ3n) is 6.51. The first-order valence-electron chi connectivity index (χ1n) is 13.3. The van der Waals surface area contributed by atoms with Crippen molar-refractivity contribution in [2.45, 2.75) is 30.7 Å². The quantitative estimate of drug-likeness (QED) is 0.231. The summed E-state index contributed by atoms with van der Waals surface area (Å²) in [5.74, 6) is -1.77. The highest BCUT2D eigenvalue weighted by Gasteiger charge is 2.51. The molecule has 9 heteroatoms. The number of hydrogen-bond acceptors (Lipinski definition) is 9. The second-order valence-corrected chi connectivity index (χ2v) is 9.40. The van der Waals surface area contributed by atoms with Crippen molar-refractivity contribution in [2.75, 3.05) is 6.61 Å². The molecule has 1 N–H and O–H groups in total. The van der Waals surface area contributed by atoms with Crippen molar-refractivity contribution < 1.29 is 43.2 Å². The third-order valence-corrected chi connectivity index (χ3v) is 6.51. The van der Waals surface area contributed by atoms with Crippen LogP contribution in [-0.4, -0.2) is 60.3 Å². The summed E-state index contributed by atoms with van der Waals surface area (Å²) in [7, 11) is 0.